The van der Waals surface area contributed by atoms with Gasteiger partial charge < -0.3 is 25.3 Å². The number of hydrogen-bond acceptors (Lipinski definition) is 4. The summed E-state index contributed by atoms with van der Waals surface area (Å²) in [5.74, 6) is -1.13. The molecular formula is C24H21ClN4O3. The van der Waals surface area contributed by atoms with Crippen molar-refractivity contribution in [2.75, 3.05) is 11.3 Å². The minimum absolute atomic E-state index is 0.106. The van der Waals surface area contributed by atoms with E-state index in [9.17, 15) is 14.7 Å². The number of H-pyrrole nitrogens is 2. The molecular weight excluding hydrogens is 428 g/mol. The van der Waals surface area contributed by atoms with Gasteiger partial charge in [0.15, 0.2) is 5.78 Å². The van der Waals surface area contributed by atoms with Gasteiger partial charge in [-0.3, -0.25) is 9.59 Å². The minimum atomic E-state index is -0.988. The lowest BCUT2D eigenvalue weighted by atomic mass is 9.95. The highest BCUT2D eigenvalue weighted by atomic mass is 35.5. The van der Waals surface area contributed by atoms with Gasteiger partial charge in [-0.25, -0.2) is 0 Å². The van der Waals surface area contributed by atoms with Crippen molar-refractivity contribution in [1.82, 2.24) is 14.9 Å². The summed E-state index contributed by atoms with van der Waals surface area (Å²) >= 11 is 5.84. The molecule has 0 radical (unpaired) electrons. The number of hydrogen-bond donors (Lipinski definition) is 4. The van der Waals surface area contributed by atoms with Crippen molar-refractivity contribution in [1.29, 1.82) is 0 Å². The number of aromatic nitrogens is 2. The van der Waals surface area contributed by atoms with Gasteiger partial charge >= 0.3 is 0 Å². The lowest BCUT2D eigenvalue weighted by molar-refractivity contribution is 0.0278. The topological polar surface area (TPSA) is 101 Å². The second-order valence-corrected chi connectivity index (χ2v) is 8.21. The number of carbonyl (C=O) groups is 2. The fourth-order valence-corrected chi connectivity index (χ4v) is 4.41. The van der Waals surface area contributed by atoms with Crippen LogP contribution < -0.4 is 5.32 Å². The quantitative estimate of drug-likeness (QED) is 0.206. The van der Waals surface area contributed by atoms with E-state index in [0.29, 0.717) is 17.1 Å². The molecule has 1 aliphatic rings. The first-order valence-electron chi connectivity index (χ1n) is 10.2. The van der Waals surface area contributed by atoms with Crippen LogP contribution in [0.1, 0.15) is 27.9 Å². The Balaban J connectivity index is 1.37. The first kappa shape index (κ1) is 20.4. The normalized spacial score (nSPS) is 18.3. The summed E-state index contributed by atoms with van der Waals surface area (Å²) in [6.45, 7) is 1.80. The van der Waals surface area contributed by atoms with Crippen LogP contribution in [-0.4, -0.2) is 43.9 Å². The number of alkyl halides is 1. The van der Waals surface area contributed by atoms with Crippen molar-refractivity contribution < 1.29 is 14.7 Å². The van der Waals surface area contributed by atoms with Gasteiger partial charge in [0, 0.05) is 33.7 Å². The van der Waals surface area contributed by atoms with Crippen LogP contribution in [0.5, 0.6) is 0 Å². The smallest absolute Gasteiger partial charge is 0.272 e. The molecule has 4 aromatic rings. The Morgan fingerprint density at radius 2 is 1.75 bits per heavy atom. The first-order chi connectivity index (χ1) is 15.4. The van der Waals surface area contributed by atoms with E-state index in [1.807, 2.05) is 42.5 Å². The fraction of sp³-hybridized carbons (Fsp3) is 0.167. The van der Waals surface area contributed by atoms with Crippen molar-refractivity contribution in [2.45, 2.75) is 13.2 Å². The molecule has 2 aromatic carbocycles. The number of para-hydroxylation sites is 1. The zero-order chi connectivity index (χ0) is 22.4. The molecule has 0 bridgehead atoms. The molecule has 0 fully saturated rings. The Bertz CT molecular complexity index is 1350. The number of nitrogens with zero attached hydrogens (tertiary/aromatic N) is 1. The average molecular weight is 449 g/mol. The van der Waals surface area contributed by atoms with Crippen LogP contribution in [0.2, 0.25) is 0 Å². The van der Waals surface area contributed by atoms with E-state index < -0.39 is 12.1 Å². The van der Waals surface area contributed by atoms with E-state index in [2.05, 4.69) is 15.3 Å². The number of anilines is 1. The SMILES string of the molecule is CC1=CN(CCl)C(O)C1C(=O)c1cc2cc(NC(=O)c3cc4ccccc4[nH]3)ccc2[nH]1. The molecule has 5 rings (SSSR count). The third kappa shape index (κ3) is 3.45. The maximum absolute atomic E-state index is 13.1. The molecule has 4 N–H and O–H groups in total. The molecule has 162 valence electrons. The molecule has 2 aromatic heterocycles. The summed E-state index contributed by atoms with van der Waals surface area (Å²) in [6.07, 6.45) is 0.721. The number of benzene rings is 2. The van der Waals surface area contributed by atoms with Gasteiger partial charge in [0.1, 0.15) is 11.9 Å². The second kappa shape index (κ2) is 7.85. The van der Waals surface area contributed by atoms with E-state index in [1.54, 1.807) is 25.3 Å². The number of ketones is 1. The van der Waals surface area contributed by atoms with Crippen LogP contribution in [0.4, 0.5) is 5.69 Å². The zero-order valence-electron chi connectivity index (χ0n) is 17.2. The number of aromatic amines is 2. The molecule has 0 aliphatic carbocycles. The van der Waals surface area contributed by atoms with Crippen LogP contribution >= 0.6 is 11.6 Å². The van der Waals surface area contributed by atoms with Crippen molar-refractivity contribution >= 4 is 50.8 Å². The molecule has 2 atom stereocenters. The molecule has 2 unspecified atom stereocenters. The third-order valence-electron chi connectivity index (χ3n) is 5.84. The highest BCUT2D eigenvalue weighted by Gasteiger charge is 2.37. The van der Waals surface area contributed by atoms with Crippen LogP contribution in [-0.2, 0) is 0 Å². The van der Waals surface area contributed by atoms with E-state index in [4.69, 9.17) is 11.6 Å². The van der Waals surface area contributed by atoms with E-state index in [1.165, 1.54) is 4.90 Å². The molecule has 32 heavy (non-hydrogen) atoms. The Morgan fingerprint density at radius 1 is 1.03 bits per heavy atom. The minimum Gasteiger partial charge on any atom is -0.372 e. The monoisotopic (exact) mass is 448 g/mol. The van der Waals surface area contributed by atoms with Crippen molar-refractivity contribution in [3.05, 3.63) is 77.8 Å². The Kier molecular flexibility index (Phi) is 5.00. The number of aliphatic hydroxyl groups is 1. The van der Waals surface area contributed by atoms with Crippen LogP contribution in [0, 0.1) is 5.92 Å². The molecule has 0 saturated carbocycles. The van der Waals surface area contributed by atoms with Crippen LogP contribution in [0.25, 0.3) is 21.8 Å². The number of aliphatic hydroxyl groups excluding tert-OH is 1. The molecule has 0 saturated heterocycles. The standard InChI is InChI=1S/C24H21ClN4O3/c1-13-11-29(12-25)24(32)21(13)22(30)19-10-15-8-16(6-7-18(15)27-19)26-23(31)20-9-14-4-2-3-5-17(14)28-20/h2-11,21,24,27-28,32H,12H2,1H3,(H,26,31). The molecule has 7 nitrogen and oxygen atoms in total. The predicted octanol–water partition coefficient (Wildman–Crippen LogP) is 4.43. The molecule has 3 heterocycles. The number of carbonyl (C=O) groups excluding carboxylic acids is 2. The third-order valence-corrected chi connectivity index (χ3v) is 6.11. The number of halogens is 1. The largest absolute Gasteiger partial charge is 0.372 e. The predicted molar refractivity (Wildman–Crippen MR) is 125 cm³/mol. The number of fused-ring (bicyclic) bond motifs is 2. The zero-order valence-corrected chi connectivity index (χ0v) is 18.0. The highest BCUT2D eigenvalue weighted by Crippen LogP contribution is 2.31. The van der Waals surface area contributed by atoms with Gasteiger partial charge in [0.05, 0.1) is 17.6 Å². The lowest BCUT2D eigenvalue weighted by Gasteiger charge is -2.22. The summed E-state index contributed by atoms with van der Waals surface area (Å²) in [5.41, 5.74) is 3.90. The average Bonchev–Trinajstić information content (AvgIpc) is 3.47. The number of nitrogens with one attached hydrogen (secondary N) is 3. The van der Waals surface area contributed by atoms with Crippen molar-refractivity contribution in [3.63, 3.8) is 0 Å². The van der Waals surface area contributed by atoms with E-state index in [-0.39, 0.29) is 17.7 Å². The Hall–Kier alpha value is -3.55. The maximum Gasteiger partial charge on any atom is 0.272 e. The summed E-state index contributed by atoms with van der Waals surface area (Å²) in [6, 6.07) is 16.7. The van der Waals surface area contributed by atoms with Crippen LogP contribution in [0.3, 0.4) is 0 Å². The van der Waals surface area contributed by atoms with Gasteiger partial charge in [-0.1, -0.05) is 18.2 Å². The maximum atomic E-state index is 13.1. The van der Waals surface area contributed by atoms with E-state index in [0.717, 1.165) is 27.4 Å². The van der Waals surface area contributed by atoms with Gasteiger partial charge in [0.25, 0.3) is 5.91 Å². The van der Waals surface area contributed by atoms with Gasteiger partial charge in [-0.2, -0.15) is 0 Å². The Labute approximate surface area is 188 Å². The van der Waals surface area contributed by atoms with E-state index >= 15 is 0 Å². The van der Waals surface area contributed by atoms with Crippen molar-refractivity contribution in [3.8, 4) is 0 Å². The number of rotatable bonds is 5. The number of Topliss-reactive ketones (excluding diaryl/α,β-unsaturated/α-hetero) is 1. The summed E-state index contributed by atoms with van der Waals surface area (Å²) in [5, 5.41) is 15.1. The van der Waals surface area contributed by atoms with Gasteiger partial charge in [0.2, 0.25) is 0 Å². The molecule has 1 aliphatic heterocycles. The fourth-order valence-electron chi connectivity index (χ4n) is 4.20. The lowest BCUT2D eigenvalue weighted by Crippen LogP contribution is -2.35. The summed E-state index contributed by atoms with van der Waals surface area (Å²) in [7, 11) is 0. The molecule has 1 amide bonds. The van der Waals surface area contributed by atoms with Crippen LogP contribution in [0.15, 0.2) is 66.4 Å². The van der Waals surface area contributed by atoms with Gasteiger partial charge in [-0.05, 0) is 48.9 Å². The summed E-state index contributed by atoms with van der Waals surface area (Å²) in [4.78, 5) is 33.5. The second-order valence-electron chi connectivity index (χ2n) is 7.97. The highest BCUT2D eigenvalue weighted by molar-refractivity contribution is 6.17. The molecule has 0 spiro atoms. The molecule has 8 heteroatoms. The van der Waals surface area contributed by atoms with Gasteiger partial charge in [-0.15, -0.1) is 11.6 Å². The summed E-state index contributed by atoms with van der Waals surface area (Å²) < 4.78 is 0. The number of amides is 1. The Morgan fingerprint density at radius 3 is 2.50 bits per heavy atom. The first-order valence-corrected chi connectivity index (χ1v) is 10.7. The van der Waals surface area contributed by atoms with Crippen molar-refractivity contribution in [2.24, 2.45) is 5.92 Å².